The van der Waals surface area contributed by atoms with Gasteiger partial charge < -0.3 is 24.8 Å². The smallest absolute Gasteiger partial charge is 0.422 e. The number of benzene rings is 5. The summed E-state index contributed by atoms with van der Waals surface area (Å²) in [7, 11) is 0. The van der Waals surface area contributed by atoms with Crippen LogP contribution in [0.1, 0.15) is 91.7 Å². The lowest BCUT2D eigenvalue weighted by atomic mass is 9.76. The number of hydrogen-bond acceptors (Lipinski definition) is 7. The molecule has 0 spiro atoms. The number of carbonyl (C=O) groups is 1. The molecule has 4 unspecified atom stereocenters. The van der Waals surface area contributed by atoms with Gasteiger partial charge in [-0.05, 0) is 96.5 Å². The van der Waals surface area contributed by atoms with E-state index in [-0.39, 0.29) is 76.8 Å². The van der Waals surface area contributed by atoms with Crippen molar-refractivity contribution in [1.82, 2.24) is 0 Å². The number of nitrogens with zero attached hydrogens (tertiary/aromatic N) is 2. The first-order chi connectivity index (χ1) is 28.7. The second kappa shape index (κ2) is 17.4. The molecular weight excluding hydrogens is 885 g/mol. The first-order valence-corrected chi connectivity index (χ1v) is 19.5. The molecule has 0 saturated heterocycles. The van der Waals surface area contributed by atoms with Gasteiger partial charge in [0.2, 0.25) is 0 Å². The molecule has 5 aromatic carbocycles. The van der Waals surface area contributed by atoms with E-state index in [4.69, 9.17) is 44.3 Å². The van der Waals surface area contributed by atoms with Crippen LogP contribution in [0.2, 0.25) is 15.1 Å². The highest BCUT2D eigenvalue weighted by Crippen LogP contribution is 2.52. The molecule has 0 saturated carbocycles. The van der Waals surface area contributed by atoms with Gasteiger partial charge in [-0.25, -0.2) is 4.79 Å². The highest BCUT2D eigenvalue weighted by Gasteiger charge is 2.60. The monoisotopic (exact) mass is 918 g/mol. The van der Waals surface area contributed by atoms with E-state index in [1.54, 1.807) is 0 Å². The van der Waals surface area contributed by atoms with Crippen molar-refractivity contribution in [2.24, 2.45) is 0 Å². The van der Waals surface area contributed by atoms with E-state index in [1.165, 1.54) is 58.0 Å². The molecule has 0 aliphatic carbocycles. The Morgan fingerprint density at radius 1 is 0.597 bits per heavy atom. The second-order valence-electron chi connectivity index (χ2n) is 14.8. The van der Waals surface area contributed by atoms with E-state index in [2.05, 4.69) is 0 Å². The van der Waals surface area contributed by atoms with Crippen molar-refractivity contribution < 1.29 is 55.9 Å². The van der Waals surface area contributed by atoms with Crippen LogP contribution in [0.5, 0.6) is 23.0 Å². The molecule has 17 heteroatoms. The van der Waals surface area contributed by atoms with Gasteiger partial charge in [0.1, 0.15) is 28.6 Å². The predicted octanol–water partition coefficient (Wildman–Crippen LogP) is 13.0. The number of carboxylic acid groups (broad SMARTS) is 1. The van der Waals surface area contributed by atoms with Crippen molar-refractivity contribution >= 4 is 40.8 Å². The third-order valence-corrected chi connectivity index (χ3v) is 11.8. The molecule has 0 bridgehead atoms. The zero-order valence-corrected chi connectivity index (χ0v) is 35.7. The molecule has 0 aromatic heterocycles. The summed E-state index contributed by atoms with van der Waals surface area (Å²) in [5.41, 5.74) is -7.50. The zero-order valence-electron chi connectivity index (χ0n) is 33.4. The van der Waals surface area contributed by atoms with Gasteiger partial charge in [0.25, 0.3) is 0 Å². The lowest BCUT2D eigenvalue weighted by molar-refractivity contribution is -0.274. The fraction of sp³-hybridized carbons (Fsp3) is 0.267. The van der Waals surface area contributed by atoms with Crippen molar-refractivity contribution in [2.45, 2.75) is 76.9 Å². The summed E-state index contributed by atoms with van der Waals surface area (Å²) >= 11 is 19.4. The quantitative estimate of drug-likeness (QED) is 0.111. The van der Waals surface area contributed by atoms with Crippen molar-refractivity contribution in [3.63, 3.8) is 0 Å². The molecule has 3 N–H and O–H groups in total. The van der Waals surface area contributed by atoms with Crippen LogP contribution in [0.25, 0.3) is 0 Å². The van der Waals surface area contributed by atoms with E-state index in [0.29, 0.717) is 0 Å². The summed E-state index contributed by atoms with van der Waals surface area (Å²) in [5, 5.41) is 50.7. The number of alkyl halides is 6. The number of aryl methyl sites for hydroxylation is 4. The Bertz CT molecular complexity index is 2650. The molecule has 0 amide bonds. The first kappa shape index (κ1) is 47.6. The summed E-state index contributed by atoms with van der Waals surface area (Å²) in [5.74, 6) is -5.70. The Hall–Kier alpha value is -5.48. The maximum absolute atomic E-state index is 14.8. The molecule has 5 rings (SSSR count). The highest BCUT2D eigenvalue weighted by atomic mass is 35.5. The molecule has 0 aliphatic heterocycles. The van der Waals surface area contributed by atoms with Crippen LogP contribution in [0, 0.1) is 50.4 Å². The standard InChI is InChI=1S/C45H35Cl3F6N2O6/c1-21-11-27(12-22(2)34(21)19-55)42(59,44(49,50)51)25(5)32-9-7-29(15-36(32)46)61-31-17-38(48)40(41(57)58)39(18-31)62-30-8-10-33(37(47)16-30)26(6)43(60,45(52,53)54)28-13-23(3)35(20-56)24(4)14-28/h7-18,25-26,59-60H,1-6H3,(H,57,58). The Morgan fingerprint density at radius 2 is 0.952 bits per heavy atom. The minimum atomic E-state index is -5.22. The summed E-state index contributed by atoms with van der Waals surface area (Å²) in [6, 6.07) is 17.6. The van der Waals surface area contributed by atoms with Gasteiger partial charge in [0.05, 0.1) is 28.3 Å². The van der Waals surface area contributed by atoms with Crippen LogP contribution in [0.15, 0.2) is 72.8 Å². The lowest BCUT2D eigenvalue weighted by Crippen LogP contribution is -2.46. The summed E-state index contributed by atoms with van der Waals surface area (Å²) in [6.07, 6.45) is -10.4. The van der Waals surface area contributed by atoms with E-state index in [0.717, 1.165) is 56.3 Å². The second-order valence-corrected chi connectivity index (χ2v) is 16.0. The van der Waals surface area contributed by atoms with Crippen molar-refractivity contribution in [2.75, 3.05) is 0 Å². The van der Waals surface area contributed by atoms with Gasteiger partial charge in [-0.3, -0.25) is 0 Å². The molecule has 5 aromatic rings. The van der Waals surface area contributed by atoms with Gasteiger partial charge >= 0.3 is 18.3 Å². The molecule has 62 heavy (non-hydrogen) atoms. The van der Waals surface area contributed by atoms with Gasteiger partial charge in [0.15, 0.2) is 11.2 Å². The Kier molecular flexibility index (Phi) is 13.3. The fourth-order valence-electron chi connectivity index (χ4n) is 7.50. The van der Waals surface area contributed by atoms with Crippen LogP contribution in [-0.2, 0) is 11.2 Å². The molecule has 324 valence electrons. The minimum Gasteiger partial charge on any atom is -0.478 e. The normalized spacial score (nSPS) is 14.8. The first-order valence-electron chi connectivity index (χ1n) is 18.3. The largest absolute Gasteiger partial charge is 0.478 e. The van der Waals surface area contributed by atoms with E-state index >= 15 is 0 Å². The van der Waals surface area contributed by atoms with Crippen LogP contribution in [0.3, 0.4) is 0 Å². The third-order valence-electron chi connectivity index (χ3n) is 10.9. The van der Waals surface area contributed by atoms with Crippen LogP contribution in [-0.4, -0.2) is 33.6 Å². The average molecular weight is 920 g/mol. The average Bonchev–Trinajstić information content (AvgIpc) is 3.15. The molecule has 0 aliphatic rings. The predicted molar refractivity (Wildman–Crippen MR) is 219 cm³/mol. The highest BCUT2D eigenvalue weighted by molar-refractivity contribution is 6.34. The molecular formula is C45H35Cl3F6N2O6. The Morgan fingerprint density at radius 3 is 1.27 bits per heavy atom. The Labute approximate surface area is 367 Å². The van der Waals surface area contributed by atoms with Gasteiger partial charge in [0, 0.05) is 34.0 Å². The van der Waals surface area contributed by atoms with E-state index < -0.39 is 63.8 Å². The number of halogens is 9. The van der Waals surface area contributed by atoms with Gasteiger partial charge in [-0.15, -0.1) is 0 Å². The number of aliphatic hydroxyl groups is 2. The van der Waals surface area contributed by atoms with Crippen molar-refractivity contribution in [3.8, 4) is 35.1 Å². The SMILES string of the molecule is Cc1cc(C(O)(C(C)c2ccc(Oc3cc(Cl)c(C(=O)O)c(Oc4ccc(C(C)C(O)(c5cc(C)c(C#N)c(C)c5)C(F)(F)F)c(Cl)c4)c3)cc2Cl)C(F)(F)F)cc(C)c1C#N. The summed E-state index contributed by atoms with van der Waals surface area (Å²) in [6.45, 7) is 8.07. The minimum absolute atomic E-state index is 0.0529. The Balaban J connectivity index is 1.47. The van der Waals surface area contributed by atoms with Gasteiger partial charge in [-0.1, -0.05) is 85.0 Å². The van der Waals surface area contributed by atoms with Crippen molar-refractivity contribution in [1.29, 1.82) is 10.5 Å². The number of carboxylic acids is 1. The van der Waals surface area contributed by atoms with Crippen molar-refractivity contribution in [3.05, 3.63) is 149 Å². The summed E-state index contributed by atoms with van der Waals surface area (Å²) < 4.78 is 100. The maximum Gasteiger partial charge on any atom is 0.422 e. The van der Waals surface area contributed by atoms with Crippen LogP contribution >= 0.6 is 34.8 Å². The molecule has 0 heterocycles. The number of ether oxygens (including phenoxy) is 2. The number of rotatable bonds is 11. The molecule has 4 atom stereocenters. The maximum atomic E-state index is 14.8. The van der Waals surface area contributed by atoms with E-state index in [9.17, 15) is 57.0 Å². The zero-order chi connectivity index (χ0) is 46.4. The molecule has 0 fully saturated rings. The number of aromatic carboxylic acids is 1. The molecule has 0 radical (unpaired) electrons. The fourth-order valence-corrected chi connectivity index (χ4v) is 8.45. The van der Waals surface area contributed by atoms with Crippen LogP contribution in [0.4, 0.5) is 26.3 Å². The van der Waals surface area contributed by atoms with Gasteiger partial charge in [-0.2, -0.15) is 36.9 Å². The number of hydrogen-bond donors (Lipinski definition) is 3. The lowest BCUT2D eigenvalue weighted by Gasteiger charge is -2.37. The topological polar surface area (TPSA) is 144 Å². The summed E-state index contributed by atoms with van der Waals surface area (Å²) in [4.78, 5) is 12.3. The molecule has 8 nitrogen and oxygen atoms in total. The van der Waals surface area contributed by atoms with Crippen LogP contribution < -0.4 is 9.47 Å². The third kappa shape index (κ3) is 8.63. The van der Waals surface area contributed by atoms with E-state index in [1.807, 2.05) is 12.1 Å². The number of nitriles is 2.